The normalized spacial score (nSPS) is 42.2. The number of rotatable bonds is 4. The Hall–Kier alpha value is -0.0800. The summed E-state index contributed by atoms with van der Waals surface area (Å²) >= 11 is 0. The number of nitrogens with one attached hydrogen (secondary N) is 1. The second-order valence-corrected chi connectivity index (χ2v) is 8.24. The number of hydrogen-bond acceptors (Lipinski definition) is 2. The molecule has 4 unspecified atom stereocenters. The minimum Gasteiger partial charge on any atom is -0.377 e. The van der Waals surface area contributed by atoms with E-state index >= 15 is 0 Å². The molecule has 4 atom stereocenters. The lowest BCUT2D eigenvalue weighted by atomic mass is 9.70. The zero-order valence-corrected chi connectivity index (χ0v) is 13.8. The molecule has 0 aromatic rings. The molecule has 0 aromatic heterocycles. The Kier molecular flexibility index (Phi) is 4.32. The van der Waals surface area contributed by atoms with Gasteiger partial charge in [0, 0.05) is 17.0 Å². The van der Waals surface area contributed by atoms with E-state index in [0.29, 0.717) is 6.10 Å². The quantitative estimate of drug-likeness (QED) is 0.831. The van der Waals surface area contributed by atoms with Gasteiger partial charge in [0.2, 0.25) is 0 Å². The molecular formula is C17H33NO. The standard InChI is InChI=1S/C17H33NO/c1-7-13-8-16(4,5)18-17(6,9-13)10-15-14(11-19-15)12(2)3/h12-15,18H,7-11H2,1-6H3. The summed E-state index contributed by atoms with van der Waals surface area (Å²) in [5.74, 6) is 2.38. The Bertz CT molecular complexity index is 312. The molecule has 2 saturated heterocycles. The predicted molar refractivity (Wildman–Crippen MR) is 81.3 cm³/mol. The lowest BCUT2D eigenvalue weighted by Crippen LogP contribution is -2.62. The van der Waals surface area contributed by atoms with Gasteiger partial charge in [-0.15, -0.1) is 0 Å². The van der Waals surface area contributed by atoms with Crippen LogP contribution in [-0.2, 0) is 4.74 Å². The number of ether oxygens (including phenoxy) is 1. The van der Waals surface area contributed by atoms with E-state index in [0.717, 1.165) is 24.4 Å². The summed E-state index contributed by atoms with van der Waals surface area (Å²) in [7, 11) is 0. The van der Waals surface area contributed by atoms with E-state index in [9.17, 15) is 0 Å². The average molecular weight is 267 g/mol. The van der Waals surface area contributed by atoms with Crippen LogP contribution in [0.2, 0.25) is 0 Å². The summed E-state index contributed by atoms with van der Waals surface area (Å²) in [5, 5.41) is 3.91. The van der Waals surface area contributed by atoms with E-state index in [1.807, 2.05) is 0 Å². The highest BCUT2D eigenvalue weighted by Gasteiger charge is 2.45. The molecule has 0 radical (unpaired) electrons. The maximum atomic E-state index is 5.87. The van der Waals surface area contributed by atoms with Gasteiger partial charge in [0.05, 0.1) is 12.7 Å². The largest absolute Gasteiger partial charge is 0.377 e. The second kappa shape index (κ2) is 5.37. The van der Waals surface area contributed by atoms with E-state index in [1.165, 1.54) is 25.7 Å². The fourth-order valence-corrected chi connectivity index (χ4v) is 4.39. The van der Waals surface area contributed by atoms with E-state index in [4.69, 9.17) is 4.74 Å². The molecule has 2 nitrogen and oxygen atoms in total. The molecule has 0 saturated carbocycles. The van der Waals surface area contributed by atoms with Crippen molar-refractivity contribution in [3.8, 4) is 0 Å². The first-order chi connectivity index (χ1) is 8.75. The van der Waals surface area contributed by atoms with Gasteiger partial charge in [-0.25, -0.2) is 0 Å². The Labute approximate surface area is 119 Å². The van der Waals surface area contributed by atoms with Gasteiger partial charge in [0.15, 0.2) is 0 Å². The van der Waals surface area contributed by atoms with Crippen molar-refractivity contribution in [1.29, 1.82) is 0 Å². The van der Waals surface area contributed by atoms with Gasteiger partial charge in [-0.1, -0.05) is 27.2 Å². The predicted octanol–water partition coefficient (Wildman–Crippen LogP) is 3.99. The van der Waals surface area contributed by atoms with Crippen molar-refractivity contribution in [3.63, 3.8) is 0 Å². The molecule has 2 heterocycles. The minimum absolute atomic E-state index is 0.251. The van der Waals surface area contributed by atoms with Crippen LogP contribution >= 0.6 is 0 Å². The monoisotopic (exact) mass is 267 g/mol. The zero-order chi connectivity index (χ0) is 14.3. The first kappa shape index (κ1) is 15.3. The van der Waals surface area contributed by atoms with Gasteiger partial charge in [-0.3, -0.25) is 0 Å². The smallest absolute Gasteiger partial charge is 0.0645 e. The SMILES string of the molecule is CCC1CC(C)(C)NC(C)(CC2OCC2C(C)C)C1. The summed E-state index contributed by atoms with van der Waals surface area (Å²) in [6.45, 7) is 15.1. The van der Waals surface area contributed by atoms with Crippen LogP contribution in [0.1, 0.15) is 67.2 Å². The topological polar surface area (TPSA) is 21.3 Å². The van der Waals surface area contributed by atoms with E-state index < -0.39 is 0 Å². The lowest BCUT2D eigenvalue weighted by molar-refractivity contribution is -0.148. The summed E-state index contributed by atoms with van der Waals surface area (Å²) in [4.78, 5) is 0. The van der Waals surface area contributed by atoms with Gasteiger partial charge >= 0.3 is 0 Å². The molecule has 2 heteroatoms. The van der Waals surface area contributed by atoms with Gasteiger partial charge in [-0.2, -0.15) is 0 Å². The summed E-state index contributed by atoms with van der Waals surface area (Å²) in [5.41, 5.74) is 0.519. The fourth-order valence-electron chi connectivity index (χ4n) is 4.39. The van der Waals surface area contributed by atoms with Gasteiger partial charge < -0.3 is 10.1 Å². The van der Waals surface area contributed by atoms with E-state index in [2.05, 4.69) is 46.9 Å². The fraction of sp³-hybridized carbons (Fsp3) is 1.00. The second-order valence-electron chi connectivity index (χ2n) is 8.24. The van der Waals surface area contributed by atoms with Crippen LogP contribution < -0.4 is 5.32 Å². The molecule has 2 aliphatic rings. The third-order valence-corrected chi connectivity index (χ3v) is 5.24. The third kappa shape index (κ3) is 3.52. The summed E-state index contributed by atoms with van der Waals surface area (Å²) in [6.07, 6.45) is 5.56. The maximum Gasteiger partial charge on any atom is 0.0645 e. The van der Waals surface area contributed by atoms with Crippen LogP contribution in [0.5, 0.6) is 0 Å². The minimum atomic E-state index is 0.251. The van der Waals surface area contributed by atoms with E-state index in [1.54, 1.807) is 0 Å². The molecule has 0 amide bonds. The lowest BCUT2D eigenvalue weighted by Gasteiger charge is -2.52. The van der Waals surface area contributed by atoms with Gasteiger partial charge in [0.25, 0.3) is 0 Å². The molecule has 112 valence electrons. The van der Waals surface area contributed by atoms with Crippen molar-refractivity contribution in [3.05, 3.63) is 0 Å². The van der Waals surface area contributed by atoms with Crippen molar-refractivity contribution in [2.24, 2.45) is 17.8 Å². The van der Waals surface area contributed by atoms with Crippen LogP contribution in [-0.4, -0.2) is 23.8 Å². The highest BCUT2D eigenvalue weighted by molar-refractivity contribution is 5.01. The van der Waals surface area contributed by atoms with Crippen molar-refractivity contribution < 1.29 is 4.74 Å². The van der Waals surface area contributed by atoms with Crippen LogP contribution in [0.4, 0.5) is 0 Å². The van der Waals surface area contributed by atoms with Crippen molar-refractivity contribution >= 4 is 0 Å². The highest BCUT2D eigenvalue weighted by atomic mass is 16.5. The third-order valence-electron chi connectivity index (χ3n) is 5.24. The molecule has 0 bridgehead atoms. The van der Waals surface area contributed by atoms with Crippen molar-refractivity contribution in [2.75, 3.05) is 6.61 Å². The van der Waals surface area contributed by atoms with Crippen molar-refractivity contribution in [2.45, 2.75) is 84.4 Å². The maximum absolute atomic E-state index is 5.87. The van der Waals surface area contributed by atoms with Gasteiger partial charge in [-0.05, 0) is 51.9 Å². The molecule has 2 aliphatic heterocycles. The Morgan fingerprint density at radius 3 is 2.37 bits per heavy atom. The molecular weight excluding hydrogens is 234 g/mol. The highest BCUT2D eigenvalue weighted by Crippen LogP contribution is 2.41. The molecule has 1 N–H and O–H groups in total. The Morgan fingerprint density at radius 1 is 1.21 bits per heavy atom. The van der Waals surface area contributed by atoms with Gasteiger partial charge in [0.1, 0.15) is 0 Å². The first-order valence-corrected chi connectivity index (χ1v) is 8.15. The molecule has 2 fully saturated rings. The number of hydrogen-bond donors (Lipinski definition) is 1. The molecule has 0 aromatic carbocycles. The van der Waals surface area contributed by atoms with Crippen molar-refractivity contribution in [1.82, 2.24) is 5.32 Å². The average Bonchev–Trinajstić information content (AvgIpc) is 2.21. The first-order valence-electron chi connectivity index (χ1n) is 8.15. The molecule has 2 rings (SSSR count). The van der Waals surface area contributed by atoms with Crippen LogP contribution in [0, 0.1) is 17.8 Å². The van der Waals surface area contributed by atoms with Crippen LogP contribution in [0.3, 0.4) is 0 Å². The number of piperidine rings is 1. The Balaban J connectivity index is 2.01. The Morgan fingerprint density at radius 2 is 1.89 bits per heavy atom. The summed E-state index contributed by atoms with van der Waals surface area (Å²) in [6, 6.07) is 0. The van der Waals surface area contributed by atoms with Crippen LogP contribution in [0.15, 0.2) is 0 Å². The molecule has 0 aliphatic carbocycles. The van der Waals surface area contributed by atoms with Crippen LogP contribution in [0.25, 0.3) is 0 Å². The molecule has 19 heavy (non-hydrogen) atoms. The summed E-state index contributed by atoms with van der Waals surface area (Å²) < 4.78 is 5.87. The zero-order valence-electron chi connectivity index (χ0n) is 13.8. The van der Waals surface area contributed by atoms with E-state index in [-0.39, 0.29) is 11.1 Å². The molecule has 0 spiro atoms.